The predicted octanol–water partition coefficient (Wildman–Crippen LogP) is 3.25. The number of hydrogen-bond acceptors (Lipinski definition) is 2. The molecule has 0 unspecified atom stereocenters. The van der Waals surface area contributed by atoms with Crippen molar-refractivity contribution in [3.8, 4) is 0 Å². The quantitative estimate of drug-likeness (QED) is 0.812. The van der Waals surface area contributed by atoms with Crippen molar-refractivity contribution in [2.45, 2.75) is 33.1 Å². The summed E-state index contributed by atoms with van der Waals surface area (Å²) in [7, 11) is 0. The van der Waals surface area contributed by atoms with Crippen molar-refractivity contribution < 1.29 is 23.5 Å². The van der Waals surface area contributed by atoms with E-state index >= 15 is 0 Å². The topological polar surface area (TPSA) is 66.4 Å². The average Bonchev–Trinajstić information content (AvgIpc) is 2.48. The van der Waals surface area contributed by atoms with Crippen LogP contribution in [0.5, 0.6) is 0 Å². The number of halogens is 2. The third kappa shape index (κ3) is 4.00. The van der Waals surface area contributed by atoms with E-state index in [-0.39, 0.29) is 17.7 Å². The molecule has 0 bridgehead atoms. The minimum Gasteiger partial charge on any atom is -0.481 e. The number of aliphatic carboxylic acids is 1. The van der Waals surface area contributed by atoms with Crippen LogP contribution in [0.25, 0.3) is 0 Å². The maximum absolute atomic E-state index is 12.6. The van der Waals surface area contributed by atoms with Crippen molar-refractivity contribution in [3.63, 3.8) is 0 Å². The van der Waals surface area contributed by atoms with Gasteiger partial charge in [-0.1, -0.05) is 26.0 Å². The molecule has 2 N–H and O–H groups in total. The number of rotatable bonds is 7. The van der Waals surface area contributed by atoms with Crippen LogP contribution in [0, 0.1) is 5.41 Å². The standard InChI is InChI=1S/C15H19F2NO3/c1-3-15(4-2,14(20)21)9-18-13(19)11-7-5-6-10(8-11)12(16)17/h5-8,12H,3-4,9H2,1-2H3,(H,18,19)(H,20,21). The number of alkyl halides is 2. The van der Waals surface area contributed by atoms with E-state index in [0.29, 0.717) is 12.8 Å². The fraction of sp³-hybridized carbons (Fsp3) is 0.467. The second-order valence-corrected chi connectivity index (χ2v) is 4.90. The Kier molecular flexibility index (Phi) is 5.81. The molecule has 21 heavy (non-hydrogen) atoms. The maximum Gasteiger partial charge on any atom is 0.311 e. The molecule has 0 aromatic heterocycles. The van der Waals surface area contributed by atoms with E-state index in [0.717, 1.165) is 6.07 Å². The molecule has 0 aliphatic rings. The minimum atomic E-state index is -2.65. The highest BCUT2D eigenvalue weighted by Crippen LogP contribution is 2.26. The summed E-state index contributed by atoms with van der Waals surface area (Å²) >= 11 is 0. The zero-order valence-electron chi connectivity index (χ0n) is 12.0. The molecule has 0 radical (unpaired) electrons. The van der Waals surface area contributed by atoms with Crippen molar-refractivity contribution in [1.29, 1.82) is 0 Å². The van der Waals surface area contributed by atoms with Crippen LogP contribution in [0.2, 0.25) is 0 Å². The van der Waals surface area contributed by atoms with Gasteiger partial charge in [-0.3, -0.25) is 9.59 Å². The normalized spacial score (nSPS) is 11.5. The molecule has 0 aliphatic carbocycles. The highest BCUT2D eigenvalue weighted by Gasteiger charge is 2.35. The van der Waals surface area contributed by atoms with Gasteiger partial charge in [0.25, 0.3) is 12.3 Å². The van der Waals surface area contributed by atoms with Crippen LogP contribution in [0.1, 0.15) is 49.0 Å². The van der Waals surface area contributed by atoms with E-state index in [1.54, 1.807) is 13.8 Å². The molecule has 0 atom stereocenters. The van der Waals surface area contributed by atoms with Crippen LogP contribution in [0.4, 0.5) is 8.78 Å². The maximum atomic E-state index is 12.6. The zero-order chi connectivity index (χ0) is 16.0. The van der Waals surface area contributed by atoms with E-state index in [1.165, 1.54) is 18.2 Å². The van der Waals surface area contributed by atoms with Gasteiger partial charge in [-0.15, -0.1) is 0 Å². The summed E-state index contributed by atoms with van der Waals surface area (Å²) in [5.41, 5.74) is -1.17. The summed E-state index contributed by atoms with van der Waals surface area (Å²) in [4.78, 5) is 23.3. The molecule has 0 heterocycles. The monoisotopic (exact) mass is 299 g/mol. The Morgan fingerprint density at radius 3 is 2.38 bits per heavy atom. The van der Waals surface area contributed by atoms with Gasteiger partial charge in [0.1, 0.15) is 0 Å². The first-order valence-electron chi connectivity index (χ1n) is 6.76. The molecule has 1 aromatic carbocycles. The molecule has 0 saturated heterocycles. The van der Waals surface area contributed by atoms with E-state index < -0.39 is 23.7 Å². The summed E-state index contributed by atoms with van der Waals surface area (Å²) in [5, 5.41) is 11.8. The second-order valence-electron chi connectivity index (χ2n) is 4.90. The Hall–Kier alpha value is -1.98. The third-order valence-corrected chi connectivity index (χ3v) is 3.80. The molecule has 0 aliphatic heterocycles. The minimum absolute atomic E-state index is 0.0346. The van der Waals surface area contributed by atoms with Crippen LogP contribution < -0.4 is 5.32 Å². The summed E-state index contributed by atoms with van der Waals surface area (Å²) in [6, 6.07) is 5.14. The fourth-order valence-corrected chi connectivity index (χ4v) is 2.05. The van der Waals surface area contributed by atoms with Gasteiger partial charge in [-0.25, -0.2) is 8.78 Å². The van der Waals surface area contributed by atoms with E-state index in [2.05, 4.69) is 5.32 Å². The van der Waals surface area contributed by atoms with E-state index in [4.69, 9.17) is 0 Å². The number of benzene rings is 1. The molecule has 116 valence electrons. The van der Waals surface area contributed by atoms with Crippen LogP contribution in [0.3, 0.4) is 0 Å². The predicted molar refractivity (Wildman–Crippen MR) is 74.4 cm³/mol. The average molecular weight is 299 g/mol. The highest BCUT2D eigenvalue weighted by atomic mass is 19.3. The molecular weight excluding hydrogens is 280 g/mol. The summed E-state index contributed by atoms with van der Waals surface area (Å²) in [5.74, 6) is -1.53. The molecule has 1 aromatic rings. The molecule has 1 amide bonds. The van der Waals surface area contributed by atoms with Gasteiger partial charge < -0.3 is 10.4 Å². The number of nitrogens with one attached hydrogen (secondary N) is 1. The van der Waals surface area contributed by atoms with Gasteiger partial charge in [0.2, 0.25) is 0 Å². The van der Waals surface area contributed by atoms with Gasteiger partial charge in [0.15, 0.2) is 0 Å². The third-order valence-electron chi connectivity index (χ3n) is 3.80. The van der Waals surface area contributed by atoms with Gasteiger partial charge in [-0.05, 0) is 25.0 Å². The molecule has 4 nitrogen and oxygen atoms in total. The lowest BCUT2D eigenvalue weighted by Crippen LogP contribution is -2.42. The van der Waals surface area contributed by atoms with Crippen molar-refractivity contribution in [2.75, 3.05) is 6.54 Å². The zero-order valence-corrected chi connectivity index (χ0v) is 12.0. The van der Waals surface area contributed by atoms with E-state index in [9.17, 15) is 23.5 Å². The van der Waals surface area contributed by atoms with Gasteiger partial charge in [0.05, 0.1) is 5.41 Å². The molecule has 0 fully saturated rings. The Morgan fingerprint density at radius 2 is 1.90 bits per heavy atom. The fourth-order valence-electron chi connectivity index (χ4n) is 2.05. The molecule has 0 spiro atoms. The number of carboxylic acids is 1. The molecular formula is C15H19F2NO3. The second kappa shape index (κ2) is 7.15. The van der Waals surface area contributed by atoms with Gasteiger partial charge in [-0.2, -0.15) is 0 Å². The number of amides is 1. The summed E-state index contributed by atoms with van der Waals surface area (Å²) in [6.45, 7) is 3.44. The van der Waals surface area contributed by atoms with Crippen LogP contribution in [0.15, 0.2) is 24.3 Å². The Balaban J connectivity index is 2.82. The highest BCUT2D eigenvalue weighted by molar-refractivity contribution is 5.94. The van der Waals surface area contributed by atoms with Gasteiger partial charge >= 0.3 is 5.97 Å². The lowest BCUT2D eigenvalue weighted by Gasteiger charge is -2.26. The molecule has 6 heteroatoms. The Bertz CT molecular complexity index is 513. The number of carbonyl (C=O) groups excluding carboxylic acids is 1. The Morgan fingerprint density at radius 1 is 1.29 bits per heavy atom. The van der Waals surface area contributed by atoms with Crippen LogP contribution in [-0.2, 0) is 4.79 Å². The molecule has 1 rings (SSSR count). The number of hydrogen-bond donors (Lipinski definition) is 2. The summed E-state index contributed by atoms with van der Waals surface area (Å²) < 4.78 is 25.2. The lowest BCUT2D eigenvalue weighted by atomic mass is 9.82. The first kappa shape index (κ1) is 17.1. The Labute approximate surface area is 122 Å². The van der Waals surface area contributed by atoms with Crippen LogP contribution >= 0.6 is 0 Å². The van der Waals surface area contributed by atoms with E-state index in [1.807, 2.05) is 0 Å². The molecule has 0 saturated carbocycles. The van der Waals surface area contributed by atoms with Gasteiger partial charge in [0, 0.05) is 17.7 Å². The lowest BCUT2D eigenvalue weighted by molar-refractivity contribution is -0.149. The largest absolute Gasteiger partial charge is 0.481 e. The smallest absolute Gasteiger partial charge is 0.311 e. The first-order chi connectivity index (χ1) is 9.86. The number of carbonyl (C=O) groups is 2. The first-order valence-corrected chi connectivity index (χ1v) is 6.76. The van der Waals surface area contributed by atoms with Crippen molar-refractivity contribution in [3.05, 3.63) is 35.4 Å². The van der Waals surface area contributed by atoms with Crippen molar-refractivity contribution in [2.24, 2.45) is 5.41 Å². The van der Waals surface area contributed by atoms with Crippen LogP contribution in [-0.4, -0.2) is 23.5 Å². The van der Waals surface area contributed by atoms with Crippen molar-refractivity contribution in [1.82, 2.24) is 5.32 Å². The SMILES string of the molecule is CCC(CC)(CNC(=O)c1cccc(C(F)F)c1)C(=O)O. The van der Waals surface area contributed by atoms with Crippen molar-refractivity contribution >= 4 is 11.9 Å². The number of carboxylic acid groups (broad SMARTS) is 1. The summed E-state index contributed by atoms with van der Waals surface area (Å²) in [6.07, 6.45) is -1.91.